The number of methoxy groups -OCH3 is 1. The van der Waals surface area contributed by atoms with Crippen LogP contribution in [0, 0.1) is 5.92 Å². The third-order valence-electron chi connectivity index (χ3n) is 4.95. The van der Waals surface area contributed by atoms with Crippen LogP contribution in [0.1, 0.15) is 52.9 Å². The maximum absolute atomic E-state index is 12.2. The van der Waals surface area contributed by atoms with Gasteiger partial charge in [-0.25, -0.2) is 0 Å². The Balaban J connectivity index is 2.77. The van der Waals surface area contributed by atoms with Crippen LogP contribution in [0.2, 0.25) is 0 Å². The Kier molecular flexibility index (Phi) is 6.96. The van der Waals surface area contributed by atoms with Crippen LogP contribution in [0.25, 0.3) is 0 Å². The molecule has 1 aliphatic rings. The van der Waals surface area contributed by atoms with Gasteiger partial charge in [0, 0.05) is 12.6 Å². The van der Waals surface area contributed by atoms with Gasteiger partial charge >= 0.3 is 5.97 Å². The van der Waals surface area contributed by atoms with Crippen molar-refractivity contribution in [1.29, 1.82) is 0 Å². The van der Waals surface area contributed by atoms with Crippen LogP contribution in [-0.2, 0) is 9.53 Å². The summed E-state index contributed by atoms with van der Waals surface area (Å²) < 4.78 is 5.03. The van der Waals surface area contributed by atoms with E-state index in [0.29, 0.717) is 12.0 Å². The second-order valence-electron chi connectivity index (χ2n) is 6.17. The Hall–Kier alpha value is -0.610. The number of ether oxygens (including phenoxy) is 1. The first-order valence-electron chi connectivity index (χ1n) is 8.04. The Labute approximate surface area is 124 Å². The summed E-state index contributed by atoms with van der Waals surface area (Å²) in [5, 5.41) is 3.24. The van der Waals surface area contributed by atoms with Gasteiger partial charge in [-0.15, -0.1) is 0 Å². The number of nitrogens with one attached hydrogen (secondary N) is 1. The molecule has 20 heavy (non-hydrogen) atoms. The molecule has 0 amide bonds. The van der Waals surface area contributed by atoms with E-state index in [1.165, 1.54) is 20.0 Å². The number of carbonyl (C=O) groups excluding carboxylic acids is 1. The molecule has 1 fully saturated rings. The first-order valence-corrected chi connectivity index (χ1v) is 8.04. The monoisotopic (exact) mass is 284 g/mol. The lowest BCUT2D eigenvalue weighted by atomic mass is 9.78. The van der Waals surface area contributed by atoms with Crippen molar-refractivity contribution in [3.63, 3.8) is 0 Å². The van der Waals surface area contributed by atoms with Crippen LogP contribution in [0.4, 0.5) is 0 Å². The number of hydrogen-bond donors (Lipinski definition) is 1. The highest BCUT2D eigenvalue weighted by molar-refractivity contribution is 5.81. The highest BCUT2D eigenvalue weighted by Crippen LogP contribution is 2.32. The summed E-state index contributed by atoms with van der Waals surface area (Å²) in [6.07, 6.45) is 5.22. The van der Waals surface area contributed by atoms with Gasteiger partial charge in [-0.2, -0.15) is 0 Å². The van der Waals surface area contributed by atoms with Gasteiger partial charge in [0.25, 0.3) is 0 Å². The van der Waals surface area contributed by atoms with Gasteiger partial charge in [0.05, 0.1) is 7.11 Å². The van der Waals surface area contributed by atoms with E-state index in [4.69, 9.17) is 4.74 Å². The molecule has 4 heteroatoms. The molecule has 0 saturated heterocycles. The molecular weight excluding hydrogens is 252 g/mol. The lowest BCUT2D eigenvalue weighted by Crippen LogP contribution is -2.58. The average Bonchev–Trinajstić information content (AvgIpc) is 2.51. The summed E-state index contributed by atoms with van der Waals surface area (Å²) in [7, 11) is 3.37. The molecule has 0 aromatic rings. The van der Waals surface area contributed by atoms with Crippen molar-refractivity contribution in [3.05, 3.63) is 0 Å². The molecule has 0 spiro atoms. The van der Waals surface area contributed by atoms with E-state index in [0.717, 1.165) is 32.4 Å². The van der Waals surface area contributed by atoms with E-state index < -0.39 is 5.54 Å². The molecule has 118 valence electrons. The van der Waals surface area contributed by atoms with Crippen molar-refractivity contribution in [1.82, 2.24) is 10.2 Å². The summed E-state index contributed by atoms with van der Waals surface area (Å²) in [4.78, 5) is 14.7. The summed E-state index contributed by atoms with van der Waals surface area (Å²) in [6.45, 7) is 8.94. The molecule has 4 nitrogen and oxygen atoms in total. The zero-order chi connectivity index (χ0) is 15.2. The van der Waals surface area contributed by atoms with E-state index >= 15 is 0 Å². The molecule has 3 unspecified atom stereocenters. The second kappa shape index (κ2) is 7.99. The number of likely N-dealkylation sites (N-methyl/N-ethyl adjacent to an activating group) is 1. The van der Waals surface area contributed by atoms with Gasteiger partial charge in [0.1, 0.15) is 5.54 Å². The summed E-state index contributed by atoms with van der Waals surface area (Å²) in [5.41, 5.74) is -0.486. The molecule has 0 aliphatic heterocycles. The minimum Gasteiger partial charge on any atom is -0.468 e. The molecule has 0 bridgehead atoms. The summed E-state index contributed by atoms with van der Waals surface area (Å²) in [5.74, 6) is 0.600. The number of rotatable bonds is 7. The molecule has 3 atom stereocenters. The molecule has 1 N–H and O–H groups in total. The van der Waals surface area contributed by atoms with E-state index in [1.807, 2.05) is 7.05 Å². The summed E-state index contributed by atoms with van der Waals surface area (Å²) >= 11 is 0. The van der Waals surface area contributed by atoms with Gasteiger partial charge in [-0.1, -0.05) is 27.2 Å². The summed E-state index contributed by atoms with van der Waals surface area (Å²) in [6, 6.07) is 0.481. The van der Waals surface area contributed by atoms with Crippen molar-refractivity contribution < 1.29 is 9.53 Å². The topological polar surface area (TPSA) is 41.6 Å². The molecule has 1 saturated carbocycles. The largest absolute Gasteiger partial charge is 0.468 e. The van der Waals surface area contributed by atoms with Crippen LogP contribution in [0.15, 0.2) is 0 Å². The van der Waals surface area contributed by atoms with Gasteiger partial charge in [-0.05, 0) is 45.2 Å². The standard InChI is InChI=1S/C16H32N2O2/c1-6-13(3)12-18(7-2)14-9-8-10-16(11-14,17-4)15(19)20-5/h13-14,17H,6-12H2,1-5H3. The van der Waals surface area contributed by atoms with Crippen LogP contribution in [0.5, 0.6) is 0 Å². The molecule has 0 heterocycles. The second-order valence-corrected chi connectivity index (χ2v) is 6.17. The Morgan fingerprint density at radius 1 is 1.50 bits per heavy atom. The smallest absolute Gasteiger partial charge is 0.326 e. The predicted molar refractivity (Wildman–Crippen MR) is 82.8 cm³/mol. The van der Waals surface area contributed by atoms with Crippen molar-refractivity contribution in [2.24, 2.45) is 5.92 Å². The molecule has 1 rings (SSSR count). The minimum absolute atomic E-state index is 0.107. The number of nitrogens with zero attached hydrogens (tertiary/aromatic N) is 1. The quantitative estimate of drug-likeness (QED) is 0.729. The van der Waals surface area contributed by atoms with Gasteiger partial charge in [-0.3, -0.25) is 4.79 Å². The number of esters is 1. The first kappa shape index (κ1) is 17.4. The van der Waals surface area contributed by atoms with Gasteiger partial charge in [0.15, 0.2) is 0 Å². The van der Waals surface area contributed by atoms with Crippen LogP contribution < -0.4 is 5.32 Å². The van der Waals surface area contributed by atoms with E-state index in [2.05, 4.69) is 31.0 Å². The molecular formula is C16H32N2O2. The maximum Gasteiger partial charge on any atom is 0.326 e. The van der Waals surface area contributed by atoms with E-state index in [9.17, 15) is 4.79 Å². The third-order valence-corrected chi connectivity index (χ3v) is 4.95. The van der Waals surface area contributed by atoms with Crippen molar-refractivity contribution in [3.8, 4) is 0 Å². The molecule has 0 radical (unpaired) electrons. The zero-order valence-electron chi connectivity index (χ0n) is 13.9. The molecule has 1 aliphatic carbocycles. The average molecular weight is 284 g/mol. The third kappa shape index (κ3) is 3.95. The molecule has 0 aromatic heterocycles. The van der Waals surface area contributed by atoms with Crippen LogP contribution in [0.3, 0.4) is 0 Å². The lowest BCUT2D eigenvalue weighted by Gasteiger charge is -2.43. The van der Waals surface area contributed by atoms with Crippen LogP contribution >= 0.6 is 0 Å². The minimum atomic E-state index is -0.486. The lowest BCUT2D eigenvalue weighted by molar-refractivity contribution is -0.151. The van der Waals surface area contributed by atoms with Crippen LogP contribution in [-0.4, -0.2) is 49.7 Å². The Morgan fingerprint density at radius 2 is 2.20 bits per heavy atom. The fraction of sp³-hybridized carbons (Fsp3) is 0.938. The molecule has 0 aromatic carbocycles. The predicted octanol–water partition coefficient (Wildman–Crippen LogP) is 2.43. The fourth-order valence-electron chi connectivity index (χ4n) is 3.33. The highest BCUT2D eigenvalue weighted by atomic mass is 16.5. The normalized spacial score (nSPS) is 28.4. The van der Waals surface area contributed by atoms with Crippen molar-refractivity contribution >= 4 is 5.97 Å². The highest BCUT2D eigenvalue weighted by Gasteiger charge is 2.43. The number of hydrogen-bond acceptors (Lipinski definition) is 4. The zero-order valence-corrected chi connectivity index (χ0v) is 13.9. The Morgan fingerprint density at radius 3 is 2.70 bits per heavy atom. The van der Waals surface area contributed by atoms with Gasteiger partial charge < -0.3 is 15.0 Å². The SMILES string of the molecule is CCC(C)CN(CC)C1CCCC(NC)(C(=O)OC)C1. The van der Waals surface area contributed by atoms with E-state index in [-0.39, 0.29) is 5.97 Å². The van der Waals surface area contributed by atoms with Crippen molar-refractivity contribution in [2.75, 3.05) is 27.2 Å². The fourth-order valence-corrected chi connectivity index (χ4v) is 3.33. The first-order chi connectivity index (χ1) is 9.52. The number of carbonyl (C=O) groups is 1. The van der Waals surface area contributed by atoms with Crippen molar-refractivity contribution in [2.45, 2.75) is 64.5 Å². The maximum atomic E-state index is 12.2. The Bertz CT molecular complexity index is 309. The van der Waals surface area contributed by atoms with E-state index in [1.54, 1.807) is 0 Å². The van der Waals surface area contributed by atoms with Gasteiger partial charge in [0.2, 0.25) is 0 Å².